The average molecular weight is 345 g/mol. The lowest BCUT2D eigenvalue weighted by atomic mass is 9.89. The van der Waals surface area contributed by atoms with Crippen molar-refractivity contribution in [2.45, 2.75) is 45.4 Å². The van der Waals surface area contributed by atoms with Gasteiger partial charge in [0.2, 0.25) is 5.91 Å². The quantitative estimate of drug-likeness (QED) is 0.386. The Bertz CT molecular complexity index is 524. The third kappa shape index (κ3) is 7.59. The number of carbonyl (C=O) groups excluding carboxylic acids is 1. The molecule has 0 heterocycles. The van der Waals surface area contributed by atoms with Gasteiger partial charge in [-0.2, -0.15) is 0 Å². The number of aliphatic imine (C=N–C) groups is 1. The van der Waals surface area contributed by atoms with Crippen LogP contribution in [0.2, 0.25) is 0 Å². The lowest BCUT2D eigenvalue weighted by Gasteiger charge is -2.21. The molecule has 1 saturated carbocycles. The molecular weight excluding hydrogens is 312 g/mol. The summed E-state index contributed by atoms with van der Waals surface area (Å²) in [7, 11) is 0. The van der Waals surface area contributed by atoms with Crippen molar-refractivity contribution < 1.29 is 4.79 Å². The van der Waals surface area contributed by atoms with Gasteiger partial charge in [-0.15, -0.1) is 0 Å². The van der Waals surface area contributed by atoms with E-state index >= 15 is 0 Å². The largest absolute Gasteiger partial charge is 0.357 e. The fourth-order valence-corrected chi connectivity index (χ4v) is 3.16. The highest BCUT2D eigenvalue weighted by Crippen LogP contribution is 2.23. The summed E-state index contributed by atoms with van der Waals surface area (Å²) in [6, 6.07) is 10.4. The molecule has 1 aliphatic carbocycles. The first-order valence-corrected chi connectivity index (χ1v) is 9.63. The predicted octanol–water partition coefficient (Wildman–Crippen LogP) is 2.48. The van der Waals surface area contributed by atoms with Gasteiger partial charge in [-0.1, -0.05) is 49.6 Å². The number of benzene rings is 1. The molecule has 0 spiro atoms. The van der Waals surface area contributed by atoms with E-state index in [1.807, 2.05) is 6.07 Å². The third-order valence-electron chi connectivity index (χ3n) is 4.55. The van der Waals surface area contributed by atoms with E-state index in [2.05, 4.69) is 52.1 Å². The summed E-state index contributed by atoms with van der Waals surface area (Å²) in [5, 5.41) is 9.58. The van der Waals surface area contributed by atoms with Gasteiger partial charge in [-0.25, -0.2) is 0 Å². The van der Waals surface area contributed by atoms with Gasteiger partial charge in [0.15, 0.2) is 5.96 Å². The molecule has 1 amide bonds. The topological polar surface area (TPSA) is 65.5 Å². The Labute approximate surface area is 151 Å². The second kappa shape index (κ2) is 11.5. The van der Waals surface area contributed by atoms with Gasteiger partial charge in [0.1, 0.15) is 0 Å². The fraction of sp³-hybridized carbons (Fsp3) is 0.600. The lowest BCUT2D eigenvalue weighted by molar-refractivity contribution is -0.125. The monoisotopic (exact) mass is 344 g/mol. The third-order valence-corrected chi connectivity index (χ3v) is 4.55. The van der Waals surface area contributed by atoms with Crippen molar-refractivity contribution in [1.82, 2.24) is 16.0 Å². The van der Waals surface area contributed by atoms with Gasteiger partial charge in [-0.05, 0) is 31.7 Å². The number of guanidine groups is 1. The Balaban J connectivity index is 1.66. The number of carbonyl (C=O) groups is 1. The van der Waals surface area contributed by atoms with Crippen molar-refractivity contribution in [1.29, 1.82) is 0 Å². The standard InChI is InChI=1S/C20H32N4O/c1-2-21-20(23-14-13-17-9-5-3-6-10-17)24-16-15-22-19(25)18-11-7-4-8-12-18/h3,5-6,9-10,18H,2,4,7-8,11-16H2,1H3,(H,22,25)(H2,21,23,24). The van der Waals surface area contributed by atoms with Crippen LogP contribution in [0, 0.1) is 5.92 Å². The first-order chi connectivity index (χ1) is 12.3. The van der Waals surface area contributed by atoms with E-state index in [-0.39, 0.29) is 11.8 Å². The van der Waals surface area contributed by atoms with Crippen LogP contribution in [0.15, 0.2) is 35.3 Å². The molecule has 0 atom stereocenters. The molecule has 5 heteroatoms. The minimum absolute atomic E-state index is 0.215. The zero-order valence-electron chi connectivity index (χ0n) is 15.4. The molecule has 1 aromatic rings. The van der Waals surface area contributed by atoms with Crippen LogP contribution < -0.4 is 16.0 Å². The lowest BCUT2D eigenvalue weighted by Crippen LogP contribution is -2.42. The predicted molar refractivity (Wildman–Crippen MR) is 104 cm³/mol. The first-order valence-electron chi connectivity index (χ1n) is 9.63. The number of nitrogens with one attached hydrogen (secondary N) is 3. The number of hydrogen-bond donors (Lipinski definition) is 3. The van der Waals surface area contributed by atoms with Gasteiger partial charge in [0.25, 0.3) is 0 Å². The molecule has 0 saturated heterocycles. The van der Waals surface area contributed by atoms with Gasteiger partial charge in [-0.3, -0.25) is 9.79 Å². The number of nitrogens with zero attached hydrogens (tertiary/aromatic N) is 1. The average Bonchev–Trinajstić information content (AvgIpc) is 2.66. The molecule has 1 aromatic carbocycles. The molecular formula is C20H32N4O. The molecule has 5 nitrogen and oxygen atoms in total. The Kier molecular flexibility index (Phi) is 8.87. The van der Waals surface area contributed by atoms with Gasteiger partial charge < -0.3 is 16.0 Å². The molecule has 1 aliphatic rings. The van der Waals surface area contributed by atoms with Crippen LogP contribution in [0.5, 0.6) is 0 Å². The Morgan fingerprint density at radius 2 is 1.76 bits per heavy atom. The molecule has 0 aliphatic heterocycles. The van der Waals surface area contributed by atoms with E-state index in [0.29, 0.717) is 13.1 Å². The van der Waals surface area contributed by atoms with E-state index in [1.54, 1.807) is 0 Å². The Hall–Kier alpha value is -2.04. The number of amides is 1. The van der Waals surface area contributed by atoms with Crippen LogP contribution in [0.4, 0.5) is 0 Å². The first kappa shape index (κ1) is 19.3. The highest BCUT2D eigenvalue weighted by molar-refractivity contribution is 5.80. The maximum atomic E-state index is 12.1. The van der Waals surface area contributed by atoms with Crippen LogP contribution in [0.25, 0.3) is 0 Å². The van der Waals surface area contributed by atoms with E-state index in [0.717, 1.165) is 38.3 Å². The zero-order chi connectivity index (χ0) is 17.7. The van der Waals surface area contributed by atoms with Gasteiger partial charge in [0.05, 0.1) is 0 Å². The number of hydrogen-bond acceptors (Lipinski definition) is 2. The van der Waals surface area contributed by atoms with E-state index in [9.17, 15) is 4.79 Å². The summed E-state index contributed by atoms with van der Waals surface area (Å²) in [4.78, 5) is 16.7. The Morgan fingerprint density at radius 3 is 2.48 bits per heavy atom. The summed E-state index contributed by atoms with van der Waals surface area (Å²) in [5.74, 6) is 1.25. The van der Waals surface area contributed by atoms with E-state index in [1.165, 1.54) is 24.8 Å². The maximum Gasteiger partial charge on any atom is 0.223 e. The second-order valence-corrected chi connectivity index (χ2v) is 6.55. The molecule has 0 bridgehead atoms. The summed E-state index contributed by atoms with van der Waals surface area (Å²) >= 11 is 0. The molecule has 0 aromatic heterocycles. The van der Waals surface area contributed by atoms with Crippen molar-refractivity contribution in [3.63, 3.8) is 0 Å². The highest BCUT2D eigenvalue weighted by atomic mass is 16.1. The normalized spacial score (nSPS) is 15.6. The molecule has 0 unspecified atom stereocenters. The Morgan fingerprint density at radius 1 is 1.04 bits per heavy atom. The van der Waals surface area contributed by atoms with Gasteiger partial charge in [0, 0.05) is 32.1 Å². The minimum atomic E-state index is 0.215. The van der Waals surface area contributed by atoms with Crippen LogP contribution in [-0.4, -0.2) is 38.0 Å². The minimum Gasteiger partial charge on any atom is -0.357 e. The molecule has 3 N–H and O–H groups in total. The van der Waals surface area contributed by atoms with Crippen molar-refractivity contribution in [3.8, 4) is 0 Å². The zero-order valence-corrected chi connectivity index (χ0v) is 15.4. The number of rotatable bonds is 8. The SMILES string of the molecule is CCNC(=NCCc1ccccc1)NCCNC(=O)C1CCCCC1. The van der Waals surface area contributed by atoms with E-state index < -0.39 is 0 Å². The van der Waals surface area contributed by atoms with Crippen LogP contribution in [0.3, 0.4) is 0 Å². The van der Waals surface area contributed by atoms with Crippen LogP contribution in [0.1, 0.15) is 44.6 Å². The molecule has 0 radical (unpaired) electrons. The molecule has 25 heavy (non-hydrogen) atoms. The summed E-state index contributed by atoms with van der Waals surface area (Å²) in [6.07, 6.45) is 6.67. The van der Waals surface area contributed by atoms with Crippen molar-refractivity contribution >= 4 is 11.9 Å². The van der Waals surface area contributed by atoms with E-state index in [4.69, 9.17) is 0 Å². The van der Waals surface area contributed by atoms with Gasteiger partial charge >= 0.3 is 0 Å². The summed E-state index contributed by atoms with van der Waals surface area (Å²) < 4.78 is 0. The smallest absolute Gasteiger partial charge is 0.223 e. The fourth-order valence-electron chi connectivity index (χ4n) is 3.16. The molecule has 138 valence electrons. The van der Waals surface area contributed by atoms with Crippen molar-refractivity contribution in [2.75, 3.05) is 26.2 Å². The van der Waals surface area contributed by atoms with Crippen molar-refractivity contribution in [3.05, 3.63) is 35.9 Å². The van der Waals surface area contributed by atoms with Crippen LogP contribution >= 0.6 is 0 Å². The second-order valence-electron chi connectivity index (χ2n) is 6.55. The summed E-state index contributed by atoms with van der Waals surface area (Å²) in [5.41, 5.74) is 1.29. The highest BCUT2D eigenvalue weighted by Gasteiger charge is 2.20. The molecule has 2 rings (SSSR count). The molecule has 1 fully saturated rings. The van der Waals surface area contributed by atoms with Crippen molar-refractivity contribution in [2.24, 2.45) is 10.9 Å². The maximum absolute atomic E-state index is 12.1. The summed E-state index contributed by atoms with van der Waals surface area (Å²) in [6.45, 7) is 4.95. The van der Waals surface area contributed by atoms with Crippen LogP contribution in [-0.2, 0) is 11.2 Å².